The Hall–Kier alpha value is -0.860. The first-order valence-corrected chi connectivity index (χ1v) is 8.83. The first kappa shape index (κ1) is 15.1. The smallest absolute Gasteiger partial charge is 0.0476 e. The van der Waals surface area contributed by atoms with Gasteiger partial charge in [0.25, 0.3) is 0 Å². The monoisotopic (exact) mass is 286 g/mol. The van der Waals surface area contributed by atoms with Crippen LogP contribution in [0.5, 0.6) is 0 Å². The molecule has 0 spiro atoms. The van der Waals surface area contributed by atoms with Gasteiger partial charge in [-0.25, -0.2) is 0 Å². The zero-order valence-corrected chi connectivity index (χ0v) is 13.6. The number of nitrogens with one attached hydrogen (secondary N) is 1. The predicted octanol–water partition coefficient (Wildman–Crippen LogP) is 3.99. The fourth-order valence-corrected chi connectivity index (χ4v) is 4.01. The lowest BCUT2D eigenvalue weighted by Crippen LogP contribution is -2.56. The summed E-state index contributed by atoms with van der Waals surface area (Å²) < 4.78 is 0. The van der Waals surface area contributed by atoms with Crippen molar-refractivity contribution in [3.05, 3.63) is 35.9 Å². The summed E-state index contributed by atoms with van der Waals surface area (Å²) in [6, 6.07) is 13.0. The maximum atomic E-state index is 3.79. The first-order chi connectivity index (χ1) is 10.3. The topological polar surface area (TPSA) is 15.3 Å². The summed E-state index contributed by atoms with van der Waals surface area (Å²) in [5.41, 5.74) is 1.48. The van der Waals surface area contributed by atoms with Crippen molar-refractivity contribution in [1.82, 2.24) is 10.2 Å². The van der Waals surface area contributed by atoms with Crippen LogP contribution in [0.2, 0.25) is 0 Å². The highest BCUT2D eigenvalue weighted by Crippen LogP contribution is 2.36. The Bertz CT molecular complexity index is 426. The van der Waals surface area contributed by atoms with E-state index in [0.717, 1.165) is 18.5 Å². The Balaban J connectivity index is 1.76. The molecule has 2 nitrogen and oxygen atoms in total. The molecule has 1 saturated heterocycles. The molecular formula is C19H30N2. The van der Waals surface area contributed by atoms with E-state index in [1.165, 1.54) is 44.2 Å². The van der Waals surface area contributed by atoms with Crippen LogP contribution in [-0.4, -0.2) is 30.1 Å². The van der Waals surface area contributed by atoms with Crippen LogP contribution in [0.4, 0.5) is 0 Å². The maximum Gasteiger partial charge on any atom is 0.0476 e. The van der Waals surface area contributed by atoms with Gasteiger partial charge in [0.05, 0.1) is 0 Å². The Morgan fingerprint density at radius 2 is 2.00 bits per heavy atom. The first-order valence-electron chi connectivity index (χ1n) is 8.83. The molecule has 1 N–H and O–H groups in total. The molecule has 3 unspecified atom stereocenters. The highest BCUT2D eigenvalue weighted by atomic mass is 15.3. The van der Waals surface area contributed by atoms with Gasteiger partial charge < -0.3 is 5.32 Å². The number of nitrogens with zero attached hydrogens (tertiary/aromatic N) is 1. The average Bonchev–Trinajstić information content (AvgIpc) is 2.46. The Kier molecular flexibility index (Phi) is 4.97. The van der Waals surface area contributed by atoms with Gasteiger partial charge in [-0.3, -0.25) is 4.90 Å². The molecule has 3 atom stereocenters. The van der Waals surface area contributed by atoms with Gasteiger partial charge in [0.1, 0.15) is 0 Å². The van der Waals surface area contributed by atoms with Crippen molar-refractivity contribution in [2.75, 3.05) is 13.1 Å². The highest BCUT2D eigenvalue weighted by molar-refractivity contribution is 5.20. The molecule has 1 heterocycles. The van der Waals surface area contributed by atoms with Gasteiger partial charge >= 0.3 is 0 Å². The van der Waals surface area contributed by atoms with Crippen molar-refractivity contribution in [3.8, 4) is 0 Å². The minimum atomic E-state index is 0.551. The molecule has 116 valence electrons. The highest BCUT2D eigenvalue weighted by Gasteiger charge is 2.36. The van der Waals surface area contributed by atoms with Gasteiger partial charge in [-0.05, 0) is 37.7 Å². The lowest BCUT2D eigenvalue weighted by atomic mass is 9.78. The second kappa shape index (κ2) is 6.93. The van der Waals surface area contributed by atoms with E-state index in [1.54, 1.807) is 0 Å². The molecule has 21 heavy (non-hydrogen) atoms. The quantitative estimate of drug-likeness (QED) is 0.880. The molecule has 2 aliphatic rings. The van der Waals surface area contributed by atoms with Gasteiger partial charge in [0.2, 0.25) is 0 Å². The molecule has 2 heteroatoms. The van der Waals surface area contributed by atoms with Gasteiger partial charge in [-0.15, -0.1) is 0 Å². The molecule has 0 aromatic heterocycles. The van der Waals surface area contributed by atoms with E-state index >= 15 is 0 Å². The number of benzene rings is 1. The summed E-state index contributed by atoms with van der Waals surface area (Å²) in [7, 11) is 0. The molecule has 2 fully saturated rings. The van der Waals surface area contributed by atoms with E-state index in [9.17, 15) is 0 Å². The van der Waals surface area contributed by atoms with E-state index in [2.05, 4.69) is 54.4 Å². The summed E-state index contributed by atoms with van der Waals surface area (Å²) in [6.45, 7) is 7.08. The van der Waals surface area contributed by atoms with E-state index in [1.807, 2.05) is 0 Å². The zero-order valence-electron chi connectivity index (χ0n) is 13.6. The van der Waals surface area contributed by atoms with Crippen molar-refractivity contribution >= 4 is 0 Å². The van der Waals surface area contributed by atoms with E-state index in [0.29, 0.717) is 12.1 Å². The second-order valence-corrected chi connectivity index (χ2v) is 6.95. The molecule has 0 radical (unpaired) electrons. The van der Waals surface area contributed by atoms with Gasteiger partial charge in [-0.2, -0.15) is 0 Å². The number of piperazine rings is 1. The third kappa shape index (κ3) is 3.32. The molecule has 1 aliphatic carbocycles. The summed E-state index contributed by atoms with van der Waals surface area (Å²) in [5.74, 6) is 0.927. The summed E-state index contributed by atoms with van der Waals surface area (Å²) in [5, 5.41) is 3.79. The second-order valence-electron chi connectivity index (χ2n) is 6.95. The lowest BCUT2D eigenvalue weighted by Gasteiger charge is -2.48. The van der Waals surface area contributed by atoms with E-state index in [4.69, 9.17) is 0 Å². The predicted molar refractivity (Wildman–Crippen MR) is 89.4 cm³/mol. The van der Waals surface area contributed by atoms with Crippen LogP contribution in [0.15, 0.2) is 30.3 Å². The van der Waals surface area contributed by atoms with Crippen LogP contribution in [0.25, 0.3) is 0 Å². The fraction of sp³-hybridized carbons (Fsp3) is 0.684. The van der Waals surface area contributed by atoms with Gasteiger partial charge in [0.15, 0.2) is 0 Å². The fourth-order valence-electron chi connectivity index (χ4n) is 4.01. The Morgan fingerprint density at radius 1 is 1.24 bits per heavy atom. The standard InChI is InChI=1S/C19H30N2/c1-3-8-18-14-21(15(2)16-11-7-12-16)19(13-20-18)17-9-5-4-6-10-17/h4-6,9-10,15-16,18-20H,3,7-8,11-14H2,1-2H3. The zero-order chi connectivity index (χ0) is 14.7. The van der Waals surface area contributed by atoms with Crippen molar-refractivity contribution in [3.63, 3.8) is 0 Å². The van der Waals surface area contributed by atoms with Crippen LogP contribution < -0.4 is 5.32 Å². The van der Waals surface area contributed by atoms with Crippen LogP contribution in [0.3, 0.4) is 0 Å². The maximum absolute atomic E-state index is 3.79. The Morgan fingerprint density at radius 3 is 2.62 bits per heavy atom. The number of hydrogen-bond donors (Lipinski definition) is 1. The third-order valence-electron chi connectivity index (χ3n) is 5.61. The summed E-state index contributed by atoms with van der Waals surface area (Å²) >= 11 is 0. The number of rotatable bonds is 5. The molecular weight excluding hydrogens is 256 g/mol. The summed E-state index contributed by atoms with van der Waals surface area (Å²) in [6.07, 6.45) is 6.89. The minimum absolute atomic E-state index is 0.551. The summed E-state index contributed by atoms with van der Waals surface area (Å²) in [4.78, 5) is 2.80. The normalized spacial score (nSPS) is 29.0. The Labute approximate surface area is 129 Å². The molecule has 1 aliphatic heterocycles. The van der Waals surface area contributed by atoms with E-state index in [-0.39, 0.29) is 0 Å². The van der Waals surface area contributed by atoms with E-state index < -0.39 is 0 Å². The van der Waals surface area contributed by atoms with Crippen LogP contribution in [0, 0.1) is 5.92 Å². The van der Waals surface area contributed by atoms with Crippen molar-refractivity contribution < 1.29 is 0 Å². The SMILES string of the molecule is CCCC1CN(C(C)C2CCC2)C(c2ccccc2)CN1. The molecule has 0 bridgehead atoms. The van der Waals surface area contributed by atoms with Crippen molar-refractivity contribution in [1.29, 1.82) is 0 Å². The average molecular weight is 286 g/mol. The molecule has 1 aromatic carbocycles. The van der Waals surface area contributed by atoms with Crippen molar-refractivity contribution in [2.45, 2.75) is 64.1 Å². The van der Waals surface area contributed by atoms with Crippen molar-refractivity contribution in [2.24, 2.45) is 5.92 Å². The molecule has 0 amide bonds. The van der Waals surface area contributed by atoms with Crippen LogP contribution in [-0.2, 0) is 0 Å². The molecule has 3 rings (SSSR count). The third-order valence-corrected chi connectivity index (χ3v) is 5.61. The lowest BCUT2D eigenvalue weighted by molar-refractivity contribution is 0.0342. The van der Waals surface area contributed by atoms with Gasteiger partial charge in [0, 0.05) is 31.2 Å². The van der Waals surface area contributed by atoms with Crippen LogP contribution in [0.1, 0.15) is 57.6 Å². The largest absolute Gasteiger partial charge is 0.311 e. The van der Waals surface area contributed by atoms with Crippen LogP contribution >= 0.6 is 0 Å². The number of hydrogen-bond acceptors (Lipinski definition) is 2. The molecule has 1 saturated carbocycles. The minimum Gasteiger partial charge on any atom is -0.311 e. The molecule has 1 aromatic rings. The van der Waals surface area contributed by atoms with Gasteiger partial charge in [-0.1, -0.05) is 50.1 Å².